The number of dihydropyridines is 1. The van der Waals surface area contributed by atoms with Crippen molar-refractivity contribution in [2.24, 2.45) is 0 Å². The maximum absolute atomic E-state index is 13.6. The molecule has 3 aromatic rings. The highest BCUT2D eigenvalue weighted by molar-refractivity contribution is 6.23. The summed E-state index contributed by atoms with van der Waals surface area (Å²) in [5.41, 5.74) is 4.58. The second kappa shape index (κ2) is 9.14. The van der Waals surface area contributed by atoms with Crippen LogP contribution in [0.5, 0.6) is 5.75 Å². The van der Waals surface area contributed by atoms with Crippen LogP contribution in [0.3, 0.4) is 0 Å². The van der Waals surface area contributed by atoms with Gasteiger partial charge in [-0.25, -0.2) is 4.79 Å². The maximum Gasteiger partial charge on any atom is 0.336 e. The van der Waals surface area contributed by atoms with Gasteiger partial charge < -0.3 is 14.8 Å². The molecule has 0 saturated heterocycles. The summed E-state index contributed by atoms with van der Waals surface area (Å²) in [7, 11) is 1.31. The lowest BCUT2D eigenvalue weighted by molar-refractivity contribution is -0.384. The van der Waals surface area contributed by atoms with Gasteiger partial charge in [0.25, 0.3) is 5.69 Å². The molecule has 3 aromatic carbocycles. The molecule has 1 heterocycles. The molecule has 5 rings (SSSR count). The van der Waals surface area contributed by atoms with Crippen LogP contribution in [-0.4, -0.2) is 23.8 Å². The Kier molecular flexibility index (Phi) is 5.85. The zero-order valence-corrected chi connectivity index (χ0v) is 19.6. The van der Waals surface area contributed by atoms with Crippen LogP contribution in [0, 0.1) is 10.1 Å². The summed E-state index contributed by atoms with van der Waals surface area (Å²) in [5, 5.41) is 14.4. The van der Waals surface area contributed by atoms with Gasteiger partial charge in [-0.2, -0.15) is 0 Å². The number of nitrogens with zero attached hydrogens (tertiary/aromatic N) is 1. The molecular weight excluding hydrogens is 460 g/mol. The van der Waals surface area contributed by atoms with Gasteiger partial charge in [0.2, 0.25) is 0 Å². The Labute approximate surface area is 207 Å². The van der Waals surface area contributed by atoms with Crippen LogP contribution in [0.4, 0.5) is 5.69 Å². The van der Waals surface area contributed by atoms with E-state index in [9.17, 15) is 19.7 Å². The van der Waals surface area contributed by atoms with Crippen molar-refractivity contribution in [2.75, 3.05) is 7.11 Å². The molecule has 0 aromatic heterocycles. The summed E-state index contributed by atoms with van der Waals surface area (Å²) in [5.74, 6) is -0.982. The molecule has 1 N–H and O–H groups in total. The number of nitro groups is 1. The topological polar surface area (TPSA) is 108 Å². The number of carbonyl (C=O) groups is 2. The third-order valence-corrected chi connectivity index (χ3v) is 6.40. The van der Waals surface area contributed by atoms with Crippen LogP contribution in [-0.2, 0) is 16.1 Å². The summed E-state index contributed by atoms with van der Waals surface area (Å²) in [6.45, 7) is 1.85. The number of Topliss-reactive ketones (excluding diaryl/α,β-unsaturated/α-hetero) is 1. The average Bonchev–Trinajstić information content (AvgIpc) is 3.18. The lowest BCUT2D eigenvalue weighted by Gasteiger charge is -2.30. The van der Waals surface area contributed by atoms with E-state index in [1.54, 1.807) is 37.3 Å². The first kappa shape index (κ1) is 23.0. The molecule has 8 heteroatoms. The third-order valence-electron chi connectivity index (χ3n) is 6.40. The Morgan fingerprint density at radius 1 is 1.03 bits per heavy atom. The first-order valence-electron chi connectivity index (χ1n) is 11.3. The molecule has 8 nitrogen and oxygen atoms in total. The standard InChI is InChI=1S/C28H22N2O6/c1-16-23(28(32)35-2)24(25-26(29-16)19-10-3-4-11-20(19)27(25)31)21-12-5-6-13-22(21)36-15-17-8-7-9-18(14-17)30(33)34/h3-14,24,29H,15H2,1-2H3/t24-/m0/s1. The lowest BCUT2D eigenvalue weighted by atomic mass is 9.79. The number of fused-ring (bicyclic) bond motifs is 2. The smallest absolute Gasteiger partial charge is 0.336 e. The van der Waals surface area contributed by atoms with Gasteiger partial charge in [-0.3, -0.25) is 14.9 Å². The van der Waals surface area contributed by atoms with Crippen molar-refractivity contribution in [3.05, 3.63) is 122 Å². The zero-order valence-electron chi connectivity index (χ0n) is 19.6. The minimum Gasteiger partial charge on any atom is -0.489 e. The van der Waals surface area contributed by atoms with Crippen molar-refractivity contribution in [1.82, 2.24) is 5.32 Å². The Morgan fingerprint density at radius 2 is 1.75 bits per heavy atom. The van der Waals surface area contributed by atoms with Gasteiger partial charge in [-0.1, -0.05) is 54.6 Å². The Bertz CT molecular complexity index is 1490. The van der Waals surface area contributed by atoms with Crippen molar-refractivity contribution in [2.45, 2.75) is 19.4 Å². The van der Waals surface area contributed by atoms with Crippen molar-refractivity contribution in [3.8, 4) is 5.75 Å². The van der Waals surface area contributed by atoms with Crippen molar-refractivity contribution in [1.29, 1.82) is 0 Å². The molecule has 1 aliphatic carbocycles. The van der Waals surface area contributed by atoms with E-state index in [0.29, 0.717) is 45.0 Å². The Morgan fingerprint density at radius 3 is 2.50 bits per heavy atom. The molecule has 0 saturated carbocycles. The van der Waals surface area contributed by atoms with Crippen molar-refractivity contribution >= 4 is 23.1 Å². The van der Waals surface area contributed by atoms with Crippen LogP contribution in [0.1, 0.15) is 39.9 Å². The fourth-order valence-electron chi connectivity index (χ4n) is 4.79. The van der Waals surface area contributed by atoms with Gasteiger partial charge in [0.05, 0.1) is 29.2 Å². The third kappa shape index (κ3) is 3.82. The number of carbonyl (C=O) groups excluding carboxylic acids is 2. The summed E-state index contributed by atoms with van der Waals surface area (Å²) < 4.78 is 11.2. The van der Waals surface area contributed by atoms with E-state index < -0.39 is 16.8 Å². The molecule has 0 unspecified atom stereocenters. The number of methoxy groups -OCH3 is 1. The van der Waals surface area contributed by atoms with E-state index in [-0.39, 0.29) is 18.1 Å². The van der Waals surface area contributed by atoms with Gasteiger partial charge in [0.15, 0.2) is 5.78 Å². The number of para-hydroxylation sites is 1. The minimum absolute atomic E-state index is 0.0293. The Balaban J connectivity index is 1.59. The van der Waals surface area contributed by atoms with Crippen LogP contribution < -0.4 is 10.1 Å². The van der Waals surface area contributed by atoms with E-state index in [1.807, 2.05) is 30.3 Å². The predicted molar refractivity (Wildman–Crippen MR) is 132 cm³/mol. The van der Waals surface area contributed by atoms with Crippen molar-refractivity contribution in [3.63, 3.8) is 0 Å². The molecule has 2 aliphatic rings. The fraction of sp³-hybridized carbons (Fsp3) is 0.143. The van der Waals surface area contributed by atoms with Gasteiger partial charge in [0.1, 0.15) is 12.4 Å². The second-order valence-electron chi connectivity index (χ2n) is 8.51. The maximum atomic E-state index is 13.6. The molecule has 180 valence electrons. The number of rotatable bonds is 6. The normalized spacial score (nSPS) is 16.3. The molecule has 0 spiro atoms. The lowest BCUT2D eigenvalue weighted by Crippen LogP contribution is -2.29. The predicted octanol–water partition coefficient (Wildman–Crippen LogP) is 4.92. The highest BCUT2D eigenvalue weighted by atomic mass is 16.6. The first-order chi connectivity index (χ1) is 17.4. The molecule has 0 bridgehead atoms. The second-order valence-corrected chi connectivity index (χ2v) is 8.51. The Hall–Kier alpha value is -4.72. The largest absolute Gasteiger partial charge is 0.489 e. The number of esters is 1. The fourth-order valence-corrected chi connectivity index (χ4v) is 4.79. The number of allylic oxidation sites excluding steroid dienone is 2. The molecule has 1 aliphatic heterocycles. The van der Waals surface area contributed by atoms with E-state index in [1.165, 1.54) is 19.2 Å². The van der Waals surface area contributed by atoms with Crippen LogP contribution in [0.15, 0.2) is 89.6 Å². The number of ether oxygens (including phenoxy) is 2. The summed E-state index contributed by atoms with van der Waals surface area (Å²) in [6, 6.07) is 20.7. The summed E-state index contributed by atoms with van der Waals surface area (Å²) in [6.07, 6.45) is 0. The van der Waals surface area contributed by atoms with E-state index >= 15 is 0 Å². The quantitative estimate of drug-likeness (QED) is 0.302. The molecule has 0 amide bonds. The SMILES string of the molecule is COC(=O)C1=C(C)NC2=C(C(=O)c3ccccc32)[C@H]1c1ccccc1OCc1cccc([N+](=O)[O-])c1. The number of ketones is 1. The number of non-ortho nitro benzene ring substituents is 1. The first-order valence-corrected chi connectivity index (χ1v) is 11.3. The van der Waals surface area contributed by atoms with Crippen molar-refractivity contribution < 1.29 is 24.0 Å². The summed E-state index contributed by atoms with van der Waals surface area (Å²) >= 11 is 0. The van der Waals surface area contributed by atoms with Gasteiger partial charge in [-0.15, -0.1) is 0 Å². The zero-order chi connectivity index (χ0) is 25.4. The van der Waals surface area contributed by atoms with Crippen LogP contribution >= 0.6 is 0 Å². The minimum atomic E-state index is -0.727. The number of nitrogens with one attached hydrogen (secondary N) is 1. The monoisotopic (exact) mass is 482 g/mol. The highest BCUT2D eigenvalue weighted by Gasteiger charge is 2.43. The molecule has 36 heavy (non-hydrogen) atoms. The van der Waals surface area contributed by atoms with E-state index in [0.717, 1.165) is 5.56 Å². The number of nitro benzene ring substituents is 1. The molecule has 1 atom stereocenters. The summed E-state index contributed by atoms with van der Waals surface area (Å²) in [4.78, 5) is 37.2. The van der Waals surface area contributed by atoms with Gasteiger partial charge in [-0.05, 0) is 18.6 Å². The number of benzene rings is 3. The molecule has 0 radical (unpaired) electrons. The van der Waals surface area contributed by atoms with E-state index in [2.05, 4.69) is 5.32 Å². The van der Waals surface area contributed by atoms with Gasteiger partial charge in [0, 0.05) is 40.1 Å². The van der Waals surface area contributed by atoms with E-state index in [4.69, 9.17) is 9.47 Å². The number of hydrogen-bond acceptors (Lipinski definition) is 7. The van der Waals surface area contributed by atoms with Crippen LogP contribution in [0.25, 0.3) is 5.70 Å². The number of hydrogen-bond donors (Lipinski definition) is 1. The molecule has 0 fully saturated rings. The molecular formula is C28H22N2O6. The van der Waals surface area contributed by atoms with Gasteiger partial charge >= 0.3 is 5.97 Å². The van der Waals surface area contributed by atoms with Crippen LogP contribution in [0.2, 0.25) is 0 Å². The highest BCUT2D eigenvalue weighted by Crippen LogP contribution is 2.48. The average molecular weight is 482 g/mol.